The van der Waals surface area contributed by atoms with Gasteiger partial charge in [-0.25, -0.2) is 0 Å². The van der Waals surface area contributed by atoms with Crippen LogP contribution in [0.3, 0.4) is 0 Å². The van der Waals surface area contributed by atoms with Gasteiger partial charge in [-0.2, -0.15) is 0 Å². The molecule has 1 aliphatic rings. The Morgan fingerprint density at radius 3 is 2.42 bits per heavy atom. The van der Waals surface area contributed by atoms with Crippen LogP contribution in [0.15, 0.2) is 28.7 Å². The lowest BCUT2D eigenvalue weighted by Crippen LogP contribution is -2.52. The zero-order valence-corrected chi connectivity index (χ0v) is 15.9. The minimum absolute atomic E-state index is 0.0187. The molecule has 132 valence electrons. The highest BCUT2D eigenvalue weighted by Gasteiger charge is 2.31. The highest BCUT2D eigenvalue weighted by molar-refractivity contribution is 9.10. The number of nitrogens with zero attached hydrogens (tertiary/aromatic N) is 1. The average Bonchev–Trinajstić information content (AvgIpc) is 2.59. The molecule has 1 aliphatic carbocycles. The lowest BCUT2D eigenvalue weighted by Gasteiger charge is -2.31. The first kappa shape index (κ1) is 18.9. The van der Waals surface area contributed by atoms with Crippen LogP contribution in [0.1, 0.15) is 44.6 Å². The summed E-state index contributed by atoms with van der Waals surface area (Å²) < 4.78 is 0.923. The number of likely N-dealkylation sites (N-methyl/N-ethyl adjacent to an activating group) is 1. The minimum atomic E-state index is -1.18. The first-order valence-corrected chi connectivity index (χ1v) is 9.20. The van der Waals surface area contributed by atoms with Crippen LogP contribution in [0.4, 0.5) is 0 Å². The second-order valence-electron chi connectivity index (χ2n) is 6.69. The summed E-state index contributed by atoms with van der Waals surface area (Å²) in [5, 5.41) is 2.69. The number of hydrogen-bond acceptors (Lipinski definition) is 3. The molecule has 0 saturated heterocycles. The zero-order valence-electron chi connectivity index (χ0n) is 14.3. The maximum Gasteiger partial charge on any atom is 0.244 e. The van der Waals surface area contributed by atoms with Crippen LogP contribution < -0.4 is 11.1 Å². The number of nitrogens with one attached hydrogen (secondary N) is 1. The predicted molar refractivity (Wildman–Crippen MR) is 98.3 cm³/mol. The zero-order chi connectivity index (χ0) is 17.7. The van der Waals surface area contributed by atoms with Crippen molar-refractivity contribution in [1.82, 2.24) is 10.2 Å². The molecule has 1 aromatic rings. The molecule has 2 amide bonds. The fourth-order valence-electron chi connectivity index (χ4n) is 3.06. The number of halogens is 1. The number of nitrogens with two attached hydrogens (primary N) is 1. The first-order valence-electron chi connectivity index (χ1n) is 8.41. The largest absolute Gasteiger partial charge is 0.345 e. The van der Waals surface area contributed by atoms with Crippen molar-refractivity contribution < 1.29 is 9.59 Å². The fourth-order valence-corrected chi connectivity index (χ4v) is 3.33. The molecule has 1 saturated carbocycles. The molecule has 1 fully saturated rings. The second-order valence-corrected chi connectivity index (χ2v) is 7.60. The number of carbonyl (C=O) groups excluding carboxylic acids is 2. The third kappa shape index (κ3) is 4.57. The van der Waals surface area contributed by atoms with Crippen LogP contribution >= 0.6 is 15.9 Å². The highest BCUT2D eigenvalue weighted by atomic mass is 79.9. The van der Waals surface area contributed by atoms with E-state index in [9.17, 15) is 9.59 Å². The second kappa shape index (κ2) is 8.12. The first-order chi connectivity index (χ1) is 11.3. The van der Waals surface area contributed by atoms with Gasteiger partial charge in [-0.15, -0.1) is 0 Å². The summed E-state index contributed by atoms with van der Waals surface area (Å²) in [6.07, 6.45) is 5.67. The maximum atomic E-state index is 12.4. The van der Waals surface area contributed by atoms with Crippen molar-refractivity contribution in [2.75, 3.05) is 13.6 Å². The smallest absolute Gasteiger partial charge is 0.244 e. The molecule has 0 radical (unpaired) electrons. The molecule has 1 unspecified atom stereocenters. The summed E-state index contributed by atoms with van der Waals surface area (Å²) in [5.41, 5.74) is 5.71. The normalized spacial score (nSPS) is 17.8. The molecule has 2 rings (SSSR count). The molecule has 6 heteroatoms. The van der Waals surface area contributed by atoms with Gasteiger partial charge in [-0.1, -0.05) is 47.3 Å². The van der Waals surface area contributed by atoms with E-state index in [1.54, 1.807) is 24.0 Å². The molecule has 3 N–H and O–H groups in total. The van der Waals surface area contributed by atoms with Crippen molar-refractivity contribution in [3.8, 4) is 0 Å². The monoisotopic (exact) mass is 395 g/mol. The summed E-state index contributed by atoms with van der Waals surface area (Å²) in [6.45, 7) is 1.63. The van der Waals surface area contributed by atoms with Crippen molar-refractivity contribution in [3.05, 3.63) is 34.3 Å². The molecule has 5 nitrogen and oxygen atoms in total. The number of rotatable bonds is 5. The van der Waals surface area contributed by atoms with E-state index >= 15 is 0 Å². The Labute approximate surface area is 152 Å². The van der Waals surface area contributed by atoms with Gasteiger partial charge in [0.05, 0.1) is 6.54 Å². The van der Waals surface area contributed by atoms with Gasteiger partial charge < -0.3 is 16.0 Å². The van der Waals surface area contributed by atoms with Crippen LogP contribution in [0, 0.1) is 0 Å². The van der Waals surface area contributed by atoms with Gasteiger partial charge in [0.15, 0.2) is 0 Å². The van der Waals surface area contributed by atoms with Gasteiger partial charge in [-0.3, -0.25) is 9.59 Å². The topological polar surface area (TPSA) is 75.4 Å². The Morgan fingerprint density at radius 1 is 1.25 bits per heavy atom. The van der Waals surface area contributed by atoms with Crippen molar-refractivity contribution in [2.45, 2.75) is 50.6 Å². The van der Waals surface area contributed by atoms with E-state index in [1.807, 2.05) is 19.2 Å². The van der Waals surface area contributed by atoms with Crippen LogP contribution in [0.2, 0.25) is 0 Å². The molecule has 1 aromatic carbocycles. The van der Waals surface area contributed by atoms with E-state index < -0.39 is 5.54 Å². The van der Waals surface area contributed by atoms with Gasteiger partial charge >= 0.3 is 0 Å². The summed E-state index contributed by atoms with van der Waals surface area (Å²) in [4.78, 5) is 26.5. The number of amides is 2. The lowest BCUT2D eigenvalue weighted by molar-refractivity contribution is -0.135. The third-order valence-electron chi connectivity index (χ3n) is 4.83. The summed E-state index contributed by atoms with van der Waals surface area (Å²) in [6, 6.07) is 7.59. The van der Waals surface area contributed by atoms with E-state index in [1.165, 1.54) is 19.3 Å². The van der Waals surface area contributed by atoms with Gasteiger partial charge in [0.25, 0.3) is 0 Å². The highest BCUT2D eigenvalue weighted by Crippen LogP contribution is 2.22. The van der Waals surface area contributed by atoms with E-state index in [2.05, 4.69) is 21.2 Å². The van der Waals surface area contributed by atoms with Crippen molar-refractivity contribution >= 4 is 27.7 Å². The summed E-state index contributed by atoms with van der Waals surface area (Å²) in [7, 11) is 1.82. The van der Waals surface area contributed by atoms with E-state index in [4.69, 9.17) is 5.73 Å². The fraction of sp³-hybridized carbons (Fsp3) is 0.556. The Bertz CT molecular complexity index is 580. The molecule has 0 bridgehead atoms. The Hall–Kier alpha value is -1.40. The number of benzene rings is 1. The van der Waals surface area contributed by atoms with Gasteiger partial charge in [-0.05, 0) is 37.5 Å². The molecule has 0 heterocycles. The van der Waals surface area contributed by atoms with Crippen molar-refractivity contribution in [3.63, 3.8) is 0 Å². The summed E-state index contributed by atoms with van der Waals surface area (Å²) >= 11 is 3.36. The Balaban J connectivity index is 1.91. The predicted octanol–water partition coefficient (Wildman–Crippen LogP) is 2.53. The van der Waals surface area contributed by atoms with Crippen molar-refractivity contribution in [2.24, 2.45) is 5.73 Å². The average molecular weight is 396 g/mol. The quantitative estimate of drug-likeness (QED) is 0.803. The third-order valence-corrected chi connectivity index (χ3v) is 5.36. The molecule has 0 spiro atoms. The van der Waals surface area contributed by atoms with Crippen molar-refractivity contribution in [1.29, 1.82) is 0 Å². The Morgan fingerprint density at radius 2 is 1.83 bits per heavy atom. The molecule has 1 atom stereocenters. The number of hydrogen-bond donors (Lipinski definition) is 2. The lowest BCUT2D eigenvalue weighted by atomic mass is 9.92. The minimum Gasteiger partial charge on any atom is -0.345 e. The van der Waals surface area contributed by atoms with Gasteiger partial charge in [0, 0.05) is 17.6 Å². The van der Waals surface area contributed by atoms with Gasteiger partial charge in [0.2, 0.25) is 11.8 Å². The molecule has 24 heavy (non-hydrogen) atoms. The van der Waals surface area contributed by atoms with Crippen LogP contribution in [-0.4, -0.2) is 36.3 Å². The molecule has 0 aromatic heterocycles. The van der Waals surface area contributed by atoms with E-state index in [0.29, 0.717) is 11.6 Å². The van der Waals surface area contributed by atoms with Gasteiger partial charge in [0.1, 0.15) is 5.54 Å². The molecular formula is C18H26BrN3O2. The van der Waals surface area contributed by atoms with E-state index in [0.717, 1.165) is 17.3 Å². The van der Waals surface area contributed by atoms with Crippen LogP contribution in [0.5, 0.6) is 0 Å². The molecular weight excluding hydrogens is 370 g/mol. The number of carbonyl (C=O) groups is 2. The van der Waals surface area contributed by atoms with Crippen LogP contribution in [-0.2, 0) is 15.1 Å². The summed E-state index contributed by atoms with van der Waals surface area (Å²) in [5.74, 6) is -0.419. The van der Waals surface area contributed by atoms with Crippen LogP contribution in [0.25, 0.3) is 0 Å². The SMILES string of the molecule is CN(C(=O)CNC(=O)C(C)(N)c1ccc(Br)cc1)C1CCCCC1. The van der Waals surface area contributed by atoms with E-state index in [-0.39, 0.29) is 18.4 Å². The standard InChI is InChI=1S/C18H26BrN3O2/c1-18(20,13-8-10-14(19)11-9-13)17(24)21-12-16(23)22(2)15-6-4-3-5-7-15/h8-11,15H,3-7,12,20H2,1-2H3,(H,21,24). The Kier molecular flexibility index (Phi) is 6.40. The maximum absolute atomic E-state index is 12.4. The molecule has 0 aliphatic heterocycles.